The summed E-state index contributed by atoms with van der Waals surface area (Å²) in [6, 6.07) is 12.6. The zero-order chi connectivity index (χ0) is 19.7. The summed E-state index contributed by atoms with van der Waals surface area (Å²) in [6.45, 7) is 7.28. The van der Waals surface area contributed by atoms with E-state index >= 15 is 0 Å². The highest BCUT2D eigenvalue weighted by molar-refractivity contribution is 6.22. The van der Waals surface area contributed by atoms with E-state index < -0.39 is 0 Å². The number of hydrogen-bond acceptors (Lipinski definition) is 4. The van der Waals surface area contributed by atoms with Crippen molar-refractivity contribution >= 4 is 29.1 Å². The first-order chi connectivity index (χ1) is 12.8. The molecule has 0 unspecified atom stereocenters. The van der Waals surface area contributed by atoms with Crippen LogP contribution in [0, 0.1) is 0 Å². The van der Waals surface area contributed by atoms with Crippen molar-refractivity contribution in [2.24, 2.45) is 0 Å². The van der Waals surface area contributed by atoms with Crippen LogP contribution in [0.15, 0.2) is 42.5 Å². The lowest BCUT2D eigenvalue weighted by Gasteiger charge is -2.27. The van der Waals surface area contributed by atoms with Gasteiger partial charge in [0.1, 0.15) is 0 Å². The molecule has 1 N–H and O–H groups in total. The SMILES string of the molecule is CCN(c1ccc(NC(=O)c2ccc3c(c2)C(=O)N(C)C3=O)cc1)C(C)C. The van der Waals surface area contributed by atoms with E-state index in [0.29, 0.717) is 22.9 Å². The Morgan fingerprint density at radius 1 is 1.04 bits per heavy atom. The maximum absolute atomic E-state index is 12.5. The number of benzene rings is 2. The van der Waals surface area contributed by atoms with E-state index in [1.807, 2.05) is 24.3 Å². The predicted octanol–water partition coefficient (Wildman–Crippen LogP) is 3.40. The molecule has 6 heteroatoms. The number of rotatable bonds is 5. The summed E-state index contributed by atoms with van der Waals surface area (Å²) in [5.41, 5.74) is 2.70. The quantitative estimate of drug-likeness (QED) is 0.825. The van der Waals surface area contributed by atoms with Crippen molar-refractivity contribution in [2.45, 2.75) is 26.8 Å². The fourth-order valence-corrected chi connectivity index (χ4v) is 3.29. The van der Waals surface area contributed by atoms with Crippen molar-refractivity contribution in [3.63, 3.8) is 0 Å². The van der Waals surface area contributed by atoms with Gasteiger partial charge in [0.05, 0.1) is 11.1 Å². The van der Waals surface area contributed by atoms with E-state index in [9.17, 15) is 14.4 Å². The van der Waals surface area contributed by atoms with Gasteiger partial charge in [-0.05, 0) is 63.2 Å². The number of fused-ring (bicyclic) bond motifs is 1. The molecule has 27 heavy (non-hydrogen) atoms. The van der Waals surface area contributed by atoms with Crippen molar-refractivity contribution in [1.82, 2.24) is 4.90 Å². The van der Waals surface area contributed by atoms with E-state index in [-0.39, 0.29) is 23.3 Å². The number of imide groups is 1. The molecule has 1 heterocycles. The lowest BCUT2D eigenvalue weighted by Crippen LogP contribution is -2.30. The average Bonchev–Trinajstić information content (AvgIpc) is 2.87. The Kier molecular flexibility index (Phi) is 4.99. The molecule has 0 radical (unpaired) electrons. The van der Waals surface area contributed by atoms with Gasteiger partial charge in [-0.2, -0.15) is 0 Å². The van der Waals surface area contributed by atoms with Crippen LogP contribution in [0.3, 0.4) is 0 Å². The van der Waals surface area contributed by atoms with E-state index in [0.717, 1.165) is 17.1 Å². The first kappa shape index (κ1) is 18.6. The number of carbonyl (C=O) groups is 3. The summed E-state index contributed by atoms with van der Waals surface area (Å²) >= 11 is 0. The molecule has 0 bridgehead atoms. The number of anilines is 2. The average molecular weight is 365 g/mol. The van der Waals surface area contributed by atoms with Crippen molar-refractivity contribution in [2.75, 3.05) is 23.8 Å². The molecule has 3 rings (SSSR count). The molecule has 0 saturated heterocycles. The van der Waals surface area contributed by atoms with Gasteiger partial charge in [0.2, 0.25) is 0 Å². The maximum Gasteiger partial charge on any atom is 0.261 e. The van der Waals surface area contributed by atoms with E-state index in [2.05, 4.69) is 31.0 Å². The first-order valence-electron chi connectivity index (χ1n) is 8.98. The molecular formula is C21H23N3O3. The largest absolute Gasteiger partial charge is 0.369 e. The van der Waals surface area contributed by atoms with Crippen LogP contribution in [-0.4, -0.2) is 42.3 Å². The molecule has 1 aliphatic heterocycles. The van der Waals surface area contributed by atoms with Crippen molar-refractivity contribution in [3.05, 3.63) is 59.2 Å². The summed E-state index contributed by atoms with van der Waals surface area (Å²) in [5.74, 6) is -1.05. The van der Waals surface area contributed by atoms with Crippen LogP contribution in [-0.2, 0) is 0 Å². The van der Waals surface area contributed by atoms with Crippen molar-refractivity contribution < 1.29 is 14.4 Å². The standard InChI is InChI=1S/C21H23N3O3/c1-5-24(13(2)3)16-9-7-15(8-10-16)22-19(25)14-6-11-17-18(12-14)21(27)23(4)20(17)26/h6-13H,5H2,1-4H3,(H,22,25). The van der Waals surface area contributed by atoms with Crippen molar-refractivity contribution in [3.8, 4) is 0 Å². The van der Waals surface area contributed by atoms with Crippen LogP contribution in [0.4, 0.5) is 11.4 Å². The monoisotopic (exact) mass is 365 g/mol. The third-order valence-corrected chi connectivity index (χ3v) is 4.77. The predicted molar refractivity (Wildman–Crippen MR) is 105 cm³/mol. The maximum atomic E-state index is 12.5. The summed E-state index contributed by atoms with van der Waals surface area (Å²) < 4.78 is 0. The third-order valence-electron chi connectivity index (χ3n) is 4.77. The van der Waals surface area contributed by atoms with Gasteiger partial charge in [-0.3, -0.25) is 19.3 Å². The van der Waals surface area contributed by atoms with Crippen molar-refractivity contribution in [1.29, 1.82) is 0 Å². The third kappa shape index (κ3) is 3.43. The van der Waals surface area contributed by atoms with Crippen LogP contribution in [0.25, 0.3) is 0 Å². The smallest absolute Gasteiger partial charge is 0.261 e. The van der Waals surface area contributed by atoms with Crippen LogP contribution in [0.5, 0.6) is 0 Å². The van der Waals surface area contributed by atoms with Gasteiger partial charge in [-0.1, -0.05) is 0 Å². The van der Waals surface area contributed by atoms with Crippen LogP contribution in [0.2, 0.25) is 0 Å². The second kappa shape index (κ2) is 7.23. The zero-order valence-corrected chi connectivity index (χ0v) is 15.9. The Morgan fingerprint density at radius 3 is 2.26 bits per heavy atom. The number of nitrogens with one attached hydrogen (secondary N) is 1. The molecule has 0 fully saturated rings. The van der Waals surface area contributed by atoms with Crippen LogP contribution < -0.4 is 10.2 Å². The molecule has 0 saturated carbocycles. The van der Waals surface area contributed by atoms with Gasteiger partial charge >= 0.3 is 0 Å². The molecule has 3 amide bonds. The molecule has 0 spiro atoms. The van der Waals surface area contributed by atoms with Crippen LogP contribution in [0.1, 0.15) is 51.8 Å². The van der Waals surface area contributed by atoms with Gasteiger partial charge in [0, 0.05) is 36.6 Å². The van der Waals surface area contributed by atoms with Gasteiger partial charge in [-0.15, -0.1) is 0 Å². The Hall–Kier alpha value is -3.15. The second-order valence-corrected chi connectivity index (χ2v) is 6.81. The Labute approximate surface area is 158 Å². The molecule has 0 atom stereocenters. The first-order valence-corrected chi connectivity index (χ1v) is 8.98. The topological polar surface area (TPSA) is 69.7 Å². The van der Waals surface area contributed by atoms with E-state index in [4.69, 9.17) is 0 Å². The minimum atomic E-state index is -0.387. The highest BCUT2D eigenvalue weighted by Gasteiger charge is 2.33. The zero-order valence-electron chi connectivity index (χ0n) is 15.9. The van der Waals surface area contributed by atoms with E-state index in [1.165, 1.54) is 19.2 Å². The number of hydrogen-bond donors (Lipinski definition) is 1. The molecule has 2 aromatic carbocycles. The lowest BCUT2D eigenvalue weighted by molar-refractivity contribution is 0.0693. The van der Waals surface area contributed by atoms with Gasteiger partial charge in [-0.25, -0.2) is 0 Å². The van der Waals surface area contributed by atoms with Gasteiger partial charge in [0.25, 0.3) is 17.7 Å². The van der Waals surface area contributed by atoms with E-state index in [1.54, 1.807) is 6.07 Å². The minimum absolute atomic E-state index is 0.265. The molecular weight excluding hydrogens is 342 g/mol. The Bertz CT molecular complexity index is 903. The lowest BCUT2D eigenvalue weighted by atomic mass is 10.1. The summed E-state index contributed by atoms with van der Waals surface area (Å²) in [7, 11) is 1.43. The fourth-order valence-electron chi connectivity index (χ4n) is 3.29. The summed E-state index contributed by atoms with van der Waals surface area (Å²) in [4.78, 5) is 39.9. The molecule has 6 nitrogen and oxygen atoms in total. The normalized spacial score (nSPS) is 13.1. The Morgan fingerprint density at radius 2 is 1.67 bits per heavy atom. The number of carbonyl (C=O) groups excluding carboxylic acids is 3. The number of nitrogens with zero attached hydrogens (tertiary/aromatic N) is 2. The second-order valence-electron chi connectivity index (χ2n) is 6.81. The Balaban J connectivity index is 1.77. The van der Waals surface area contributed by atoms with Gasteiger partial charge < -0.3 is 10.2 Å². The summed E-state index contributed by atoms with van der Waals surface area (Å²) in [5, 5.41) is 2.83. The molecule has 1 aliphatic rings. The van der Waals surface area contributed by atoms with Gasteiger partial charge in [0.15, 0.2) is 0 Å². The molecule has 0 aliphatic carbocycles. The fraction of sp³-hybridized carbons (Fsp3) is 0.286. The summed E-state index contributed by atoms with van der Waals surface area (Å²) in [6.07, 6.45) is 0. The number of amides is 3. The minimum Gasteiger partial charge on any atom is -0.369 e. The molecule has 2 aromatic rings. The highest BCUT2D eigenvalue weighted by Crippen LogP contribution is 2.24. The molecule has 140 valence electrons. The highest BCUT2D eigenvalue weighted by atomic mass is 16.2. The van der Waals surface area contributed by atoms with Crippen LogP contribution >= 0.6 is 0 Å². The molecule has 0 aromatic heterocycles.